The van der Waals surface area contributed by atoms with Crippen LogP contribution in [0.25, 0.3) is 0 Å². The molecule has 1 fully saturated rings. The highest BCUT2D eigenvalue weighted by atomic mass is 16.2. The molecule has 6 nitrogen and oxygen atoms in total. The summed E-state index contributed by atoms with van der Waals surface area (Å²) in [5, 5.41) is 2.88. The summed E-state index contributed by atoms with van der Waals surface area (Å²) in [4.78, 5) is 28.8. The van der Waals surface area contributed by atoms with E-state index in [2.05, 4.69) is 29.1 Å². The van der Waals surface area contributed by atoms with Gasteiger partial charge >= 0.3 is 0 Å². The Labute approximate surface area is 131 Å². The number of piperazine rings is 1. The zero-order valence-corrected chi connectivity index (χ0v) is 13.7. The molecule has 1 N–H and O–H groups in total. The Balaban J connectivity index is 1.80. The van der Waals surface area contributed by atoms with Crippen LogP contribution < -0.4 is 10.9 Å². The van der Waals surface area contributed by atoms with Crippen molar-refractivity contribution in [2.75, 3.05) is 46.3 Å². The van der Waals surface area contributed by atoms with Gasteiger partial charge in [0, 0.05) is 52.5 Å². The van der Waals surface area contributed by atoms with Gasteiger partial charge in [-0.15, -0.1) is 0 Å². The van der Waals surface area contributed by atoms with Gasteiger partial charge in [-0.1, -0.05) is 6.92 Å². The number of aromatic nitrogens is 1. The summed E-state index contributed by atoms with van der Waals surface area (Å²) in [6.45, 7) is 8.03. The number of likely N-dealkylation sites (N-methyl/N-ethyl adjacent to an activating group) is 1. The first-order chi connectivity index (χ1) is 10.5. The second-order valence-corrected chi connectivity index (χ2v) is 6.26. The van der Waals surface area contributed by atoms with Crippen molar-refractivity contribution in [1.29, 1.82) is 0 Å². The van der Waals surface area contributed by atoms with E-state index in [1.165, 1.54) is 4.57 Å². The highest BCUT2D eigenvalue weighted by molar-refractivity contribution is 5.93. The van der Waals surface area contributed by atoms with Crippen LogP contribution in [0.3, 0.4) is 0 Å². The van der Waals surface area contributed by atoms with E-state index in [-0.39, 0.29) is 17.0 Å². The van der Waals surface area contributed by atoms with Crippen LogP contribution in [-0.4, -0.2) is 66.6 Å². The summed E-state index contributed by atoms with van der Waals surface area (Å²) in [6, 6.07) is 3.28. The number of aryl methyl sites for hydroxylation is 1. The molecule has 2 rings (SSSR count). The number of nitrogens with one attached hydrogen (secondary N) is 1. The van der Waals surface area contributed by atoms with Crippen molar-refractivity contribution in [3.05, 3.63) is 34.2 Å². The van der Waals surface area contributed by atoms with Crippen molar-refractivity contribution in [2.45, 2.75) is 6.92 Å². The molecule has 0 bridgehead atoms. The fraction of sp³-hybridized carbons (Fsp3) is 0.625. The molecule has 0 aliphatic carbocycles. The maximum absolute atomic E-state index is 12.1. The first-order valence-electron chi connectivity index (χ1n) is 7.82. The molecule has 0 saturated carbocycles. The number of nitrogens with zero attached hydrogens (tertiary/aromatic N) is 3. The largest absolute Gasteiger partial charge is 0.352 e. The van der Waals surface area contributed by atoms with Gasteiger partial charge in [0.25, 0.3) is 11.5 Å². The smallest absolute Gasteiger partial charge is 0.263 e. The Morgan fingerprint density at radius 1 is 1.27 bits per heavy atom. The van der Waals surface area contributed by atoms with Crippen LogP contribution in [0, 0.1) is 5.92 Å². The highest BCUT2D eigenvalue weighted by Crippen LogP contribution is 2.04. The van der Waals surface area contributed by atoms with Crippen LogP contribution in [0.5, 0.6) is 0 Å². The van der Waals surface area contributed by atoms with E-state index >= 15 is 0 Å². The van der Waals surface area contributed by atoms with E-state index in [9.17, 15) is 9.59 Å². The molecule has 1 aromatic heterocycles. The summed E-state index contributed by atoms with van der Waals surface area (Å²) < 4.78 is 1.42. The third-order valence-electron chi connectivity index (χ3n) is 4.14. The first kappa shape index (κ1) is 16.7. The topological polar surface area (TPSA) is 57.6 Å². The van der Waals surface area contributed by atoms with Crippen molar-refractivity contribution in [1.82, 2.24) is 19.7 Å². The van der Waals surface area contributed by atoms with Crippen LogP contribution in [0.1, 0.15) is 17.3 Å². The first-order valence-corrected chi connectivity index (χ1v) is 7.82. The fourth-order valence-electron chi connectivity index (χ4n) is 2.67. The molecular weight excluding hydrogens is 280 g/mol. The van der Waals surface area contributed by atoms with E-state index in [1.54, 1.807) is 25.4 Å². The quantitative estimate of drug-likeness (QED) is 0.832. The molecule has 1 unspecified atom stereocenters. The van der Waals surface area contributed by atoms with Gasteiger partial charge in [-0.3, -0.25) is 9.59 Å². The predicted molar refractivity (Wildman–Crippen MR) is 87.1 cm³/mol. The Morgan fingerprint density at radius 3 is 2.64 bits per heavy atom. The Kier molecular flexibility index (Phi) is 5.74. The summed E-state index contributed by atoms with van der Waals surface area (Å²) in [7, 11) is 3.79. The van der Waals surface area contributed by atoms with E-state index in [0.717, 1.165) is 32.7 Å². The Hall–Kier alpha value is -1.66. The third kappa shape index (κ3) is 4.42. The molecule has 1 saturated heterocycles. The van der Waals surface area contributed by atoms with Crippen molar-refractivity contribution in [3.8, 4) is 0 Å². The molecule has 22 heavy (non-hydrogen) atoms. The molecule has 1 amide bonds. The third-order valence-corrected chi connectivity index (χ3v) is 4.14. The molecule has 1 atom stereocenters. The van der Waals surface area contributed by atoms with Gasteiger partial charge in [-0.2, -0.15) is 0 Å². The summed E-state index contributed by atoms with van der Waals surface area (Å²) in [5.74, 6) is 0.0753. The molecule has 0 aromatic carbocycles. The number of carbonyl (C=O) groups excluding carboxylic acids is 1. The van der Waals surface area contributed by atoms with Gasteiger partial charge in [-0.25, -0.2) is 0 Å². The van der Waals surface area contributed by atoms with Crippen molar-refractivity contribution in [3.63, 3.8) is 0 Å². The minimum Gasteiger partial charge on any atom is -0.352 e. The summed E-state index contributed by atoms with van der Waals surface area (Å²) in [5.41, 5.74) is -0.0523. The van der Waals surface area contributed by atoms with Crippen molar-refractivity contribution in [2.24, 2.45) is 13.0 Å². The summed E-state index contributed by atoms with van der Waals surface area (Å²) in [6.07, 6.45) is 1.65. The van der Waals surface area contributed by atoms with Crippen molar-refractivity contribution >= 4 is 5.91 Å². The van der Waals surface area contributed by atoms with Crippen LogP contribution in [0.15, 0.2) is 23.1 Å². The lowest BCUT2D eigenvalue weighted by Crippen LogP contribution is -2.47. The van der Waals surface area contributed by atoms with Gasteiger partial charge < -0.3 is 19.7 Å². The van der Waals surface area contributed by atoms with Crippen LogP contribution >= 0.6 is 0 Å². The van der Waals surface area contributed by atoms with Crippen molar-refractivity contribution < 1.29 is 4.79 Å². The minimum absolute atomic E-state index is 0.205. The molecular formula is C16H26N4O2. The van der Waals surface area contributed by atoms with E-state index in [1.807, 2.05) is 0 Å². The maximum Gasteiger partial charge on any atom is 0.263 e. The minimum atomic E-state index is -0.286. The Bertz CT molecular complexity index is 562. The number of rotatable bonds is 5. The van der Waals surface area contributed by atoms with E-state index in [0.29, 0.717) is 12.5 Å². The molecule has 2 heterocycles. The molecule has 1 aromatic rings. The van der Waals surface area contributed by atoms with Gasteiger partial charge in [0.15, 0.2) is 0 Å². The lowest BCUT2D eigenvalue weighted by molar-refractivity contribution is 0.0935. The predicted octanol–water partition coefficient (Wildman–Crippen LogP) is -0.00140. The average molecular weight is 306 g/mol. The molecule has 6 heteroatoms. The number of carbonyl (C=O) groups is 1. The Morgan fingerprint density at radius 2 is 1.95 bits per heavy atom. The zero-order valence-electron chi connectivity index (χ0n) is 13.7. The zero-order chi connectivity index (χ0) is 16.1. The monoisotopic (exact) mass is 306 g/mol. The lowest BCUT2D eigenvalue weighted by atomic mass is 10.1. The number of amides is 1. The second kappa shape index (κ2) is 7.56. The standard InChI is InChI=1S/C16H26N4O2/c1-13(12-20-9-7-18(2)8-10-20)11-17-15(21)14-5-4-6-19(3)16(14)22/h4-6,13H,7-12H2,1-3H3,(H,17,21). The second-order valence-electron chi connectivity index (χ2n) is 6.26. The maximum atomic E-state index is 12.1. The van der Waals surface area contributed by atoms with Crippen LogP contribution in [-0.2, 0) is 7.05 Å². The SMILES string of the molecule is CC(CNC(=O)c1cccn(C)c1=O)CN1CCN(C)CC1. The van der Waals surface area contributed by atoms with Gasteiger partial charge in [0.1, 0.15) is 5.56 Å². The highest BCUT2D eigenvalue weighted by Gasteiger charge is 2.17. The summed E-state index contributed by atoms with van der Waals surface area (Å²) >= 11 is 0. The van der Waals surface area contributed by atoms with Gasteiger partial charge in [0.2, 0.25) is 0 Å². The fourth-order valence-corrected chi connectivity index (χ4v) is 2.67. The molecule has 122 valence electrons. The average Bonchev–Trinajstić information content (AvgIpc) is 2.50. The van der Waals surface area contributed by atoms with Crippen LogP contribution in [0.4, 0.5) is 0 Å². The normalized spacial score (nSPS) is 18.1. The molecule has 0 spiro atoms. The number of hydrogen-bond donors (Lipinski definition) is 1. The van der Waals surface area contributed by atoms with Gasteiger partial charge in [-0.05, 0) is 25.1 Å². The lowest BCUT2D eigenvalue weighted by Gasteiger charge is -2.33. The molecule has 0 radical (unpaired) electrons. The number of pyridine rings is 1. The molecule has 1 aliphatic heterocycles. The number of hydrogen-bond acceptors (Lipinski definition) is 4. The van der Waals surface area contributed by atoms with E-state index in [4.69, 9.17) is 0 Å². The molecule has 1 aliphatic rings. The van der Waals surface area contributed by atoms with E-state index < -0.39 is 0 Å². The van der Waals surface area contributed by atoms with Gasteiger partial charge in [0.05, 0.1) is 0 Å². The van der Waals surface area contributed by atoms with Crippen LogP contribution in [0.2, 0.25) is 0 Å².